The Morgan fingerprint density at radius 2 is 2.19 bits per heavy atom. The maximum atomic E-state index is 12.1. The highest BCUT2D eigenvalue weighted by atomic mass is 16.5. The van der Waals surface area contributed by atoms with Gasteiger partial charge in [0.2, 0.25) is 0 Å². The molecule has 4 heteroatoms. The standard InChI is InChI=1S/C17H22N2O2/c1-3-16-12(8-9-21-16)11-18-14-10-17(20)19(2)15-7-5-4-6-13(14)15/h4-7,10,12,16,18H,3,8-9,11H2,1-2H3. The first-order valence-corrected chi connectivity index (χ1v) is 7.65. The van der Waals surface area contributed by atoms with Crippen molar-refractivity contribution in [2.45, 2.75) is 25.9 Å². The number of fused-ring (bicyclic) bond motifs is 1. The Labute approximate surface area is 124 Å². The van der Waals surface area contributed by atoms with Crippen LogP contribution in [0.15, 0.2) is 35.1 Å². The predicted octanol–water partition coefficient (Wildman–Crippen LogP) is 2.77. The Morgan fingerprint density at radius 3 is 3.00 bits per heavy atom. The molecule has 1 saturated heterocycles. The summed E-state index contributed by atoms with van der Waals surface area (Å²) in [7, 11) is 1.81. The van der Waals surface area contributed by atoms with Crippen molar-refractivity contribution in [3.05, 3.63) is 40.7 Å². The van der Waals surface area contributed by atoms with Crippen LogP contribution in [0, 0.1) is 5.92 Å². The van der Waals surface area contributed by atoms with Crippen LogP contribution >= 0.6 is 0 Å². The highest BCUT2D eigenvalue weighted by Crippen LogP contribution is 2.26. The number of hydrogen-bond acceptors (Lipinski definition) is 3. The topological polar surface area (TPSA) is 43.3 Å². The third-order valence-corrected chi connectivity index (χ3v) is 4.46. The Morgan fingerprint density at radius 1 is 1.38 bits per heavy atom. The van der Waals surface area contributed by atoms with Crippen molar-refractivity contribution in [2.75, 3.05) is 18.5 Å². The Hall–Kier alpha value is -1.81. The van der Waals surface area contributed by atoms with Crippen LogP contribution in [-0.4, -0.2) is 23.8 Å². The number of hydrogen-bond donors (Lipinski definition) is 1. The lowest BCUT2D eigenvalue weighted by molar-refractivity contribution is 0.0900. The van der Waals surface area contributed by atoms with Gasteiger partial charge >= 0.3 is 0 Å². The highest BCUT2D eigenvalue weighted by Gasteiger charge is 2.26. The van der Waals surface area contributed by atoms with Gasteiger partial charge in [-0.05, 0) is 18.9 Å². The van der Waals surface area contributed by atoms with E-state index in [0.29, 0.717) is 12.0 Å². The van der Waals surface area contributed by atoms with Gasteiger partial charge in [-0.15, -0.1) is 0 Å². The first kappa shape index (κ1) is 14.1. The quantitative estimate of drug-likeness (QED) is 0.940. The van der Waals surface area contributed by atoms with E-state index in [0.717, 1.165) is 42.6 Å². The number of aryl methyl sites for hydroxylation is 1. The van der Waals surface area contributed by atoms with Crippen LogP contribution in [-0.2, 0) is 11.8 Å². The molecule has 0 aliphatic carbocycles. The van der Waals surface area contributed by atoms with Gasteiger partial charge in [0.15, 0.2) is 0 Å². The van der Waals surface area contributed by atoms with E-state index in [1.165, 1.54) is 0 Å². The normalized spacial score (nSPS) is 21.8. The number of aromatic nitrogens is 1. The number of ether oxygens (including phenoxy) is 1. The van der Waals surface area contributed by atoms with E-state index in [-0.39, 0.29) is 5.56 Å². The number of pyridine rings is 1. The lowest BCUT2D eigenvalue weighted by Crippen LogP contribution is -2.24. The maximum absolute atomic E-state index is 12.1. The Kier molecular flexibility index (Phi) is 3.97. The molecule has 21 heavy (non-hydrogen) atoms. The minimum atomic E-state index is 0.0194. The summed E-state index contributed by atoms with van der Waals surface area (Å²) < 4.78 is 7.42. The first-order chi connectivity index (χ1) is 10.2. The van der Waals surface area contributed by atoms with Crippen molar-refractivity contribution < 1.29 is 4.74 Å². The molecule has 0 radical (unpaired) electrons. The molecule has 1 aliphatic rings. The summed E-state index contributed by atoms with van der Waals surface area (Å²) in [6.07, 6.45) is 2.48. The monoisotopic (exact) mass is 286 g/mol. The van der Waals surface area contributed by atoms with Crippen molar-refractivity contribution in [3.63, 3.8) is 0 Å². The van der Waals surface area contributed by atoms with Gasteiger partial charge < -0.3 is 14.6 Å². The number of rotatable bonds is 4. The molecule has 1 N–H and O–H groups in total. The van der Waals surface area contributed by atoms with Crippen molar-refractivity contribution in [1.29, 1.82) is 0 Å². The van der Waals surface area contributed by atoms with E-state index in [4.69, 9.17) is 4.74 Å². The molecule has 4 nitrogen and oxygen atoms in total. The van der Waals surface area contributed by atoms with E-state index in [1.54, 1.807) is 10.6 Å². The molecule has 0 saturated carbocycles. The fraction of sp³-hybridized carbons (Fsp3) is 0.471. The van der Waals surface area contributed by atoms with Gasteiger partial charge in [0.25, 0.3) is 5.56 Å². The SMILES string of the molecule is CCC1OCCC1CNc1cc(=O)n(C)c2ccccc12. The summed E-state index contributed by atoms with van der Waals surface area (Å²) in [5.41, 5.74) is 1.91. The molecule has 2 unspecified atom stereocenters. The summed E-state index contributed by atoms with van der Waals surface area (Å²) in [4.78, 5) is 12.1. The molecule has 1 fully saturated rings. The average Bonchev–Trinajstić information content (AvgIpc) is 2.97. The molecule has 3 rings (SSSR count). The zero-order valence-corrected chi connectivity index (χ0v) is 12.6. The van der Waals surface area contributed by atoms with Gasteiger partial charge in [0.1, 0.15) is 0 Å². The molecule has 0 spiro atoms. The van der Waals surface area contributed by atoms with Gasteiger partial charge in [0, 0.05) is 43.3 Å². The molecule has 1 aromatic carbocycles. The molecule has 2 atom stereocenters. The summed E-state index contributed by atoms with van der Waals surface area (Å²) in [6, 6.07) is 9.70. The van der Waals surface area contributed by atoms with Gasteiger partial charge in [-0.25, -0.2) is 0 Å². The van der Waals surface area contributed by atoms with E-state index >= 15 is 0 Å². The molecule has 1 aromatic heterocycles. The fourth-order valence-electron chi connectivity index (χ4n) is 3.18. The van der Waals surface area contributed by atoms with Crippen molar-refractivity contribution >= 4 is 16.6 Å². The minimum absolute atomic E-state index is 0.0194. The van der Waals surface area contributed by atoms with Gasteiger partial charge in [-0.1, -0.05) is 25.1 Å². The number of para-hydroxylation sites is 1. The Bertz CT molecular complexity index is 693. The van der Waals surface area contributed by atoms with E-state index < -0.39 is 0 Å². The lowest BCUT2D eigenvalue weighted by Gasteiger charge is -2.19. The number of nitrogens with one attached hydrogen (secondary N) is 1. The molecular weight excluding hydrogens is 264 g/mol. The summed E-state index contributed by atoms with van der Waals surface area (Å²) >= 11 is 0. The largest absolute Gasteiger partial charge is 0.384 e. The van der Waals surface area contributed by atoms with E-state index in [2.05, 4.69) is 18.3 Å². The number of benzene rings is 1. The van der Waals surface area contributed by atoms with Gasteiger partial charge in [0.05, 0.1) is 11.6 Å². The second-order valence-corrected chi connectivity index (χ2v) is 5.72. The molecular formula is C17H22N2O2. The molecule has 1 aliphatic heterocycles. The zero-order valence-electron chi connectivity index (χ0n) is 12.6. The first-order valence-electron chi connectivity index (χ1n) is 7.65. The van der Waals surface area contributed by atoms with Crippen molar-refractivity contribution in [1.82, 2.24) is 4.57 Å². The summed E-state index contributed by atoms with van der Waals surface area (Å²) in [5, 5.41) is 4.56. The highest BCUT2D eigenvalue weighted by molar-refractivity contribution is 5.91. The van der Waals surface area contributed by atoms with Crippen LogP contribution in [0.1, 0.15) is 19.8 Å². The number of anilines is 1. The zero-order chi connectivity index (χ0) is 14.8. The van der Waals surface area contributed by atoms with Crippen LogP contribution in [0.25, 0.3) is 10.9 Å². The van der Waals surface area contributed by atoms with Gasteiger partial charge in [-0.2, -0.15) is 0 Å². The minimum Gasteiger partial charge on any atom is -0.384 e. The summed E-state index contributed by atoms with van der Waals surface area (Å²) in [5.74, 6) is 0.526. The van der Waals surface area contributed by atoms with E-state index in [9.17, 15) is 4.79 Å². The van der Waals surface area contributed by atoms with Gasteiger partial charge in [-0.3, -0.25) is 4.79 Å². The molecule has 2 heterocycles. The molecule has 0 bridgehead atoms. The third-order valence-electron chi connectivity index (χ3n) is 4.46. The van der Waals surface area contributed by atoms with Crippen LogP contribution in [0.2, 0.25) is 0 Å². The van der Waals surface area contributed by atoms with Crippen LogP contribution in [0.5, 0.6) is 0 Å². The summed E-state index contributed by atoms with van der Waals surface area (Å²) in [6.45, 7) is 3.87. The maximum Gasteiger partial charge on any atom is 0.252 e. The Balaban J connectivity index is 1.87. The second kappa shape index (κ2) is 5.90. The van der Waals surface area contributed by atoms with Crippen LogP contribution < -0.4 is 10.9 Å². The molecule has 0 amide bonds. The smallest absolute Gasteiger partial charge is 0.252 e. The van der Waals surface area contributed by atoms with Crippen molar-refractivity contribution in [2.24, 2.45) is 13.0 Å². The van der Waals surface area contributed by atoms with Crippen molar-refractivity contribution in [3.8, 4) is 0 Å². The third kappa shape index (κ3) is 2.68. The predicted molar refractivity (Wildman–Crippen MR) is 85.8 cm³/mol. The fourth-order valence-corrected chi connectivity index (χ4v) is 3.18. The molecule has 2 aromatic rings. The van der Waals surface area contributed by atoms with Crippen LogP contribution in [0.3, 0.4) is 0 Å². The van der Waals surface area contributed by atoms with E-state index in [1.807, 2.05) is 25.2 Å². The number of nitrogens with zero attached hydrogens (tertiary/aromatic N) is 1. The second-order valence-electron chi connectivity index (χ2n) is 5.72. The lowest BCUT2D eigenvalue weighted by atomic mass is 9.99. The molecule has 112 valence electrons. The average molecular weight is 286 g/mol. The van der Waals surface area contributed by atoms with Crippen LogP contribution in [0.4, 0.5) is 5.69 Å².